The molecule has 1 aromatic rings. The number of methoxy groups -OCH3 is 1. The molecule has 106 valence electrons. The summed E-state index contributed by atoms with van der Waals surface area (Å²) in [6.07, 6.45) is 1.29. The molecule has 2 heteroatoms. The van der Waals surface area contributed by atoms with E-state index in [2.05, 4.69) is 52.1 Å². The van der Waals surface area contributed by atoms with Gasteiger partial charge in [-0.3, -0.25) is 0 Å². The lowest BCUT2D eigenvalue weighted by atomic mass is 9.93. The highest BCUT2D eigenvalue weighted by Gasteiger charge is 2.50. The smallest absolute Gasteiger partial charge is 0.126 e. The van der Waals surface area contributed by atoms with Crippen LogP contribution in [0.5, 0.6) is 5.75 Å². The molecular formula is C17H27NO. The second kappa shape index (κ2) is 5.16. The SMILES string of the molecule is CCNC(c1ccc(C)c(C)c1OC)C1CC1(C)C. The monoisotopic (exact) mass is 261 g/mol. The van der Waals surface area contributed by atoms with Gasteiger partial charge in [-0.05, 0) is 49.3 Å². The maximum Gasteiger partial charge on any atom is 0.126 e. The summed E-state index contributed by atoms with van der Waals surface area (Å²) >= 11 is 0. The minimum absolute atomic E-state index is 0.411. The van der Waals surface area contributed by atoms with Gasteiger partial charge in [0.1, 0.15) is 5.75 Å². The van der Waals surface area contributed by atoms with Gasteiger partial charge < -0.3 is 10.1 Å². The van der Waals surface area contributed by atoms with Crippen molar-refractivity contribution in [3.8, 4) is 5.75 Å². The van der Waals surface area contributed by atoms with E-state index in [9.17, 15) is 0 Å². The first kappa shape index (κ1) is 14.4. The van der Waals surface area contributed by atoms with Crippen molar-refractivity contribution >= 4 is 0 Å². The van der Waals surface area contributed by atoms with E-state index >= 15 is 0 Å². The van der Waals surface area contributed by atoms with E-state index in [1.54, 1.807) is 7.11 Å². The van der Waals surface area contributed by atoms with Gasteiger partial charge in [-0.25, -0.2) is 0 Å². The number of benzene rings is 1. The number of hydrogen-bond acceptors (Lipinski definition) is 2. The summed E-state index contributed by atoms with van der Waals surface area (Å²) in [4.78, 5) is 0. The van der Waals surface area contributed by atoms with Crippen LogP contribution in [-0.4, -0.2) is 13.7 Å². The molecule has 0 heterocycles. The third-order valence-corrected chi connectivity index (χ3v) is 4.66. The van der Waals surface area contributed by atoms with Gasteiger partial charge in [0, 0.05) is 11.6 Å². The Kier molecular flexibility index (Phi) is 3.91. The number of ether oxygens (including phenoxy) is 1. The first-order valence-electron chi connectivity index (χ1n) is 7.29. The van der Waals surface area contributed by atoms with Crippen molar-refractivity contribution in [1.29, 1.82) is 0 Å². The van der Waals surface area contributed by atoms with Gasteiger partial charge in [0.2, 0.25) is 0 Å². The molecule has 0 spiro atoms. The molecule has 1 aromatic carbocycles. The molecule has 0 amide bonds. The van der Waals surface area contributed by atoms with Crippen molar-refractivity contribution in [2.45, 2.75) is 47.1 Å². The second-order valence-electron chi connectivity index (χ2n) is 6.46. The third kappa shape index (κ3) is 2.64. The van der Waals surface area contributed by atoms with Gasteiger partial charge in [-0.15, -0.1) is 0 Å². The Morgan fingerprint density at radius 1 is 1.37 bits per heavy atom. The zero-order chi connectivity index (χ0) is 14.2. The average Bonchev–Trinajstić information content (AvgIpc) is 2.99. The standard InChI is InChI=1S/C17H27NO/c1-7-18-15(14-10-17(14,4)5)13-9-8-11(2)12(3)16(13)19-6/h8-9,14-15,18H,7,10H2,1-6H3. The molecule has 1 aliphatic carbocycles. The van der Waals surface area contributed by atoms with Crippen LogP contribution in [0.3, 0.4) is 0 Å². The molecule has 1 aliphatic rings. The Labute approximate surface area is 117 Å². The summed E-state index contributed by atoms with van der Waals surface area (Å²) in [7, 11) is 1.78. The molecule has 2 rings (SSSR count). The first-order valence-corrected chi connectivity index (χ1v) is 7.29. The van der Waals surface area contributed by atoms with E-state index in [4.69, 9.17) is 4.74 Å². The van der Waals surface area contributed by atoms with Crippen molar-refractivity contribution in [3.05, 3.63) is 28.8 Å². The zero-order valence-electron chi connectivity index (χ0n) is 13.1. The average molecular weight is 261 g/mol. The largest absolute Gasteiger partial charge is 0.496 e. The minimum Gasteiger partial charge on any atom is -0.496 e. The highest BCUT2D eigenvalue weighted by molar-refractivity contribution is 5.47. The van der Waals surface area contributed by atoms with Crippen LogP contribution < -0.4 is 10.1 Å². The van der Waals surface area contributed by atoms with Gasteiger partial charge in [-0.2, -0.15) is 0 Å². The Bertz CT molecular complexity index is 465. The fraction of sp³-hybridized carbons (Fsp3) is 0.647. The minimum atomic E-state index is 0.411. The van der Waals surface area contributed by atoms with E-state index in [-0.39, 0.29) is 0 Å². The Morgan fingerprint density at radius 3 is 2.47 bits per heavy atom. The molecule has 2 atom stereocenters. The molecule has 0 saturated heterocycles. The molecule has 0 aliphatic heterocycles. The Morgan fingerprint density at radius 2 is 2.00 bits per heavy atom. The number of rotatable bonds is 5. The van der Waals surface area contributed by atoms with Crippen LogP contribution in [0.15, 0.2) is 12.1 Å². The molecule has 1 fully saturated rings. The topological polar surface area (TPSA) is 21.3 Å². The molecule has 2 unspecified atom stereocenters. The van der Waals surface area contributed by atoms with Crippen LogP contribution in [-0.2, 0) is 0 Å². The Hall–Kier alpha value is -1.02. The highest BCUT2D eigenvalue weighted by Crippen LogP contribution is 2.58. The maximum absolute atomic E-state index is 5.69. The second-order valence-corrected chi connectivity index (χ2v) is 6.46. The van der Waals surface area contributed by atoms with E-state index in [1.807, 2.05) is 0 Å². The molecule has 19 heavy (non-hydrogen) atoms. The van der Waals surface area contributed by atoms with Gasteiger partial charge in [0.15, 0.2) is 0 Å². The fourth-order valence-corrected chi connectivity index (χ4v) is 3.09. The molecule has 2 nitrogen and oxygen atoms in total. The summed E-state index contributed by atoms with van der Waals surface area (Å²) in [5.74, 6) is 1.78. The predicted octanol–water partition coefficient (Wildman–Crippen LogP) is 4.01. The van der Waals surface area contributed by atoms with E-state index in [0.717, 1.165) is 12.3 Å². The number of hydrogen-bond donors (Lipinski definition) is 1. The van der Waals surface area contributed by atoms with E-state index < -0.39 is 0 Å². The number of nitrogens with one attached hydrogen (secondary N) is 1. The van der Waals surface area contributed by atoms with Crippen molar-refractivity contribution in [1.82, 2.24) is 5.32 Å². The molecule has 1 saturated carbocycles. The molecule has 1 N–H and O–H groups in total. The van der Waals surface area contributed by atoms with Gasteiger partial charge in [-0.1, -0.05) is 32.9 Å². The predicted molar refractivity (Wildman–Crippen MR) is 80.8 cm³/mol. The van der Waals surface area contributed by atoms with Crippen LogP contribution in [0, 0.1) is 25.2 Å². The van der Waals surface area contributed by atoms with Gasteiger partial charge in [0.25, 0.3) is 0 Å². The van der Waals surface area contributed by atoms with Crippen LogP contribution >= 0.6 is 0 Å². The normalized spacial score (nSPS) is 22.1. The van der Waals surface area contributed by atoms with Crippen molar-refractivity contribution < 1.29 is 4.74 Å². The molecule has 0 radical (unpaired) electrons. The fourth-order valence-electron chi connectivity index (χ4n) is 3.09. The maximum atomic E-state index is 5.69. The Balaban J connectivity index is 2.40. The summed E-state index contributed by atoms with van der Waals surface area (Å²) in [5, 5.41) is 3.66. The van der Waals surface area contributed by atoms with Crippen molar-refractivity contribution in [3.63, 3.8) is 0 Å². The van der Waals surface area contributed by atoms with E-state index in [0.29, 0.717) is 17.4 Å². The zero-order valence-corrected chi connectivity index (χ0v) is 13.1. The number of aryl methyl sites for hydroxylation is 1. The van der Waals surface area contributed by atoms with Crippen LogP contribution in [0.25, 0.3) is 0 Å². The highest BCUT2D eigenvalue weighted by atomic mass is 16.5. The van der Waals surface area contributed by atoms with Crippen LogP contribution in [0.2, 0.25) is 0 Å². The van der Waals surface area contributed by atoms with Crippen LogP contribution in [0.1, 0.15) is 49.9 Å². The summed E-state index contributed by atoms with van der Waals surface area (Å²) in [5.41, 5.74) is 4.34. The summed E-state index contributed by atoms with van der Waals surface area (Å²) in [6.45, 7) is 12.2. The first-order chi connectivity index (χ1) is 8.92. The molecule has 0 bridgehead atoms. The summed E-state index contributed by atoms with van der Waals surface area (Å²) in [6, 6.07) is 4.87. The van der Waals surface area contributed by atoms with E-state index in [1.165, 1.54) is 23.1 Å². The summed E-state index contributed by atoms with van der Waals surface area (Å²) < 4.78 is 5.69. The lowest BCUT2D eigenvalue weighted by Crippen LogP contribution is -2.25. The third-order valence-electron chi connectivity index (χ3n) is 4.66. The lowest BCUT2D eigenvalue weighted by Gasteiger charge is -2.24. The van der Waals surface area contributed by atoms with Crippen molar-refractivity contribution in [2.24, 2.45) is 11.3 Å². The van der Waals surface area contributed by atoms with Gasteiger partial charge in [0.05, 0.1) is 7.11 Å². The van der Waals surface area contributed by atoms with Gasteiger partial charge >= 0.3 is 0 Å². The quantitative estimate of drug-likeness (QED) is 0.864. The molecule has 0 aromatic heterocycles. The van der Waals surface area contributed by atoms with Crippen LogP contribution in [0.4, 0.5) is 0 Å². The molecular weight excluding hydrogens is 234 g/mol. The lowest BCUT2D eigenvalue weighted by molar-refractivity contribution is 0.375. The van der Waals surface area contributed by atoms with Crippen molar-refractivity contribution in [2.75, 3.05) is 13.7 Å².